The lowest BCUT2D eigenvalue weighted by Gasteiger charge is -2.17. The molecule has 2 aromatic rings. The number of aromatic carboxylic acids is 1. The summed E-state index contributed by atoms with van der Waals surface area (Å²) in [5.74, 6) is -0.277. The second-order valence-corrected chi connectivity index (χ2v) is 5.89. The molecule has 4 nitrogen and oxygen atoms in total. The van der Waals surface area contributed by atoms with E-state index in [1.165, 1.54) is 4.88 Å². The monoisotopic (exact) mass is 304 g/mol. The molecule has 0 spiro atoms. The van der Waals surface area contributed by atoms with E-state index in [4.69, 9.17) is 0 Å². The molecule has 0 aliphatic carbocycles. The predicted molar refractivity (Wildman–Crippen MR) is 86.2 cm³/mol. The van der Waals surface area contributed by atoms with Gasteiger partial charge in [0.15, 0.2) is 0 Å². The molecule has 2 aromatic heterocycles. The molecule has 0 saturated heterocycles. The molecule has 0 bridgehead atoms. The Morgan fingerprint density at radius 1 is 1.43 bits per heavy atom. The SMILES string of the molecule is CCCc1cc(C(=O)O)cc(NC(CC)c2cccs2)n1. The Kier molecular flexibility index (Phi) is 5.33. The lowest BCUT2D eigenvalue weighted by Crippen LogP contribution is -2.11. The van der Waals surface area contributed by atoms with Crippen molar-refractivity contribution in [3.8, 4) is 0 Å². The minimum atomic E-state index is -0.915. The molecule has 0 fully saturated rings. The van der Waals surface area contributed by atoms with Crippen molar-refractivity contribution in [2.24, 2.45) is 0 Å². The molecule has 2 rings (SSSR count). The summed E-state index contributed by atoms with van der Waals surface area (Å²) in [7, 11) is 0. The molecular formula is C16H20N2O2S. The van der Waals surface area contributed by atoms with Gasteiger partial charge in [0.1, 0.15) is 5.82 Å². The number of hydrogen-bond donors (Lipinski definition) is 2. The summed E-state index contributed by atoms with van der Waals surface area (Å²) in [5.41, 5.74) is 1.11. The van der Waals surface area contributed by atoms with Gasteiger partial charge in [0.2, 0.25) is 0 Å². The fourth-order valence-corrected chi connectivity index (χ4v) is 3.07. The van der Waals surface area contributed by atoms with E-state index in [9.17, 15) is 9.90 Å². The lowest BCUT2D eigenvalue weighted by atomic mass is 10.1. The van der Waals surface area contributed by atoms with Gasteiger partial charge < -0.3 is 10.4 Å². The van der Waals surface area contributed by atoms with Crippen molar-refractivity contribution >= 4 is 23.1 Å². The molecule has 2 N–H and O–H groups in total. The van der Waals surface area contributed by atoms with Gasteiger partial charge in [0.05, 0.1) is 11.6 Å². The molecule has 0 amide bonds. The van der Waals surface area contributed by atoms with E-state index < -0.39 is 5.97 Å². The Morgan fingerprint density at radius 2 is 2.24 bits per heavy atom. The summed E-state index contributed by atoms with van der Waals surface area (Å²) < 4.78 is 0. The van der Waals surface area contributed by atoms with Crippen LogP contribution in [-0.2, 0) is 6.42 Å². The zero-order valence-electron chi connectivity index (χ0n) is 12.3. The Bertz CT molecular complexity index is 596. The molecule has 1 unspecified atom stereocenters. The minimum Gasteiger partial charge on any atom is -0.478 e. The van der Waals surface area contributed by atoms with Gasteiger partial charge in [0, 0.05) is 10.6 Å². The van der Waals surface area contributed by atoms with Crippen LogP contribution < -0.4 is 5.32 Å². The number of anilines is 1. The highest BCUT2D eigenvalue weighted by atomic mass is 32.1. The highest BCUT2D eigenvalue weighted by Gasteiger charge is 2.13. The second-order valence-electron chi connectivity index (χ2n) is 4.91. The summed E-state index contributed by atoms with van der Waals surface area (Å²) in [4.78, 5) is 17.0. The first-order chi connectivity index (χ1) is 10.1. The third-order valence-electron chi connectivity index (χ3n) is 3.25. The summed E-state index contributed by atoms with van der Waals surface area (Å²) in [6, 6.07) is 7.53. The van der Waals surface area contributed by atoms with Crippen molar-refractivity contribution in [3.63, 3.8) is 0 Å². The third kappa shape index (κ3) is 4.04. The molecule has 5 heteroatoms. The van der Waals surface area contributed by atoms with Gasteiger partial charge in [-0.1, -0.05) is 26.3 Å². The fourth-order valence-electron chi connectivity index (χ4n) is 2.21. The number of aryl methyl sites for hydroxylation is 1. The fraction of sp³-hybridized carbons (Fsp3) is 0.375. The van der Waals surface area contributed by atoms with Gasteiger partial charge in [0.25, 0.3) is 0 Å². The number of thiophene rings is 1. The number of nitrogens with one attached hydrogen (secondary N) is 1. The highest BCUT2D eigenvalue weighted by molar-refractivity contribution is 7.10. The van der Waals surface area contributed by atoms with Crippen LogP contribution in [0.5, 0.6) is 0 Å². The number of carbonyl (C=O) groups is 1. The molecular weight excluding hydrogens is 284 g/mol. The van der Waals surface area contributed by atoms with E-state index in [1.807, 2.05) is 11.4 Å². The van der Waals surface area contributed by atoms with Gasteiger partial charge in [-0.3, -0.25) is 0 Å². The first-order valence-corrected chi connectivity index (χ1v) is 8.06. The van der Waals surface area contributed by atoms with Crippen LogP contribution in [0.2, 0.25) is 0 Å². The molecule has 0 aliphatic heterocycles. The van der Waals surface area contributed by atoms with Crippen LogP contribution in [0.4, 0.5) is 5.82 Å². The molecule has 0 aliphatic rings. The molecule has 0 saturated carbocycles. The van der Waals surface area contributed by atoms with Crippen molar-refractivity contribution < 1.29 is 9.90 Å². The smallest absolute Gasteiger partial charge is 0.335 e. The van der Waals surface area contributed by atoms with Gasteiger partial charge in [-0.05, 0) is 36.4 Å². The maximum absolute atomic E-state index is 11.2. The van der Waals surface area contributed by atoms with Crippen LogP contribution in [0.15, 0.2) is 29.6 Å². The van der Waals surface area contributed by atoms with Crippen molar-refractivity contribution in [1.82, 2.24) is 4.98 Å². The predicted octanol–water partition coefficient (Wildman–Crippen LogP) is 4.36. The van der Waals surface area contributed by atoms with E-state index in [2.05, 4.69) is 30.2 Å². The summed E-state index contributed by atoms with van der Waals surface area (Å²) in [5, 5.41) is 14.6. The number of carboxylic acid groups (broad SMARTS) is 1. The topological polar surface area (TPSA) is 62.2 Å². The Balaban J connectivity index is 2.27. The number of nitrogens with zero attached hydrogens (tertiary/aromatic N) is 1. The van der Waals surface area contributed by atoms with E-state index in [-0.39, 0.29) is 11.6 Å². The van der Waals surface area contributed by atoms with E-state index >= 15 is 0 Å². The van der Waals surface area contributed by atoms with Crippen molar-refractivity contribution in [3.05, 3.63) is 45.8 Å². The average molecular weight is 304 g/mol. The Labute approximate surface area is 128 Å². The maximum Gasteiger partial charge on any atom is 0.335 e. The first-order valence-electron chi connectivity index (χ1n) is 7.18. The van der Waals surface area contributed by atoms with Gasteiger partial charge in [-0.25, -0.2) is 9.78 Å². The first kappa shape index (κ1) is 15.5. The van der Waals surface area contributed by atoms with Crippen LogP contribution in [0.25, 0.3) is 0 Å². The molecule has 2 heterocycles. The van der Waals surface area contributed by atoms with E-state index in [0.717, 1.165) is 25.0 Å². The molecule has 0 radical (unpaired) electrons. The minimum absolute atomic E-state index is 0.163. The van der Waals surface area contributed by atoms with Crippen molar-refractivity contribution in [2.75, 3.05) is 5.32 Å². The summed E-state index contributed by atoms with van der Waals surface area (Å²) in [6.07, 6.45) is 2.64. The highest BCUT2D eigenvalue weighted by Crippen LogP contribution is 2.26. The van der Waals surface area contributed by atoms with Crippen LogP contribution in [0.1, 0.15) is 53.7 Å². The van der Waals surface area contributed by atoms with Crippen molar-refractivity contribution in [2.45, 2.75) is 39.2 Å². The number of aromatic nitrogens is 1. The van der Waals surface area contributed by atoms with Gasteiger partial charge in [-0.2, -0.15) is 0 Å². The van der Waals surface area contributed by atoms with Crippen LogP contribution in [0.3, 0.4) is 0 Å². The van der Waals surface area contributed by atoms with Gasteiger partial charge in [-0.15, -0.1) is 11.3 Å². The molecule has 0 aromatic carbocycles. The number of pyridine rings is 1. The standard InChI is InChI=1S/C16H20N2O2S/c1-3-6-12-9-11(16(19)20)10-15(17-12)18-13(4-2)14-7-5-8-21-14/h5,7-10,13H,3-4,6H2,1-2H3,(H,17,18)(H,19,20). The number of carboxylic acids is 1. The van der Waals surface area contributed by atoms with Crippen LogP contribution >= 0.6 is 11.3 Å². The largest absolute Gasteiger partial charge is 0.478 e. The van der Waals surface area contributed by atoms with Crippen LogP contribution in [0, 0.1) is 0 Å². The lowest BCUT2D eigenvalue weighted by molar-refractivity contribution is 0.0696. The van der Waals surface area contributed by atoms with Crippen molar-refractivity contribution in [1.29, 1.82) is 0 Å². The zero-order valence-corrected chi connectivity index (χ0v) is 13.1. The normalized spacial score (nSPS) is 12.1. The number of hydrogen-bond acceptors (Lipinski definition) is 4. The van der Waals surface area contributed by atoms with Crippen LogP contribution in [-0.4, -0.2) is 16.1 Å². The number of rotatable bonds is 7. The van der Waals surface area contributed by atoms with E-state index in [1.54, 1.807) is 23.5 Å². The average Bonchev–Trinajstić information content (AvgIpc) is 2.99. The maximum atomic E-state index is 11.2. The summed E-state index contributed by atoms with van der Waals surface area (Å²) in [6.45, 7) is 4.16. The van der Waals surface area contributed by atoms with E-state index in [0.29, 0.717) is 5.82 Å². The van der Waals surface area contributed by atoms with Gasteiger partial charge >= 0.3 is 5.97 Å². The Morgan fingerprint density at radius 3 is 2.81 bits per heavy atom. The molecule has 21 heavy (non-hydrogen) atoms. The molecule has 112 valence electrons. The second kappa shape index (κ2) is 7.22. The Hall–Kier alpha value is -1.88. The third-order valence-corrected chi connectivity index (χ3v) is 4.23. The molecule has 1 atom stereocenters. The zero-order chi connectivity index (χ0) is 15.2. The summed E-state index contributed by atoms with van der Waals surface area (Å²) >= 11 is 1.69. The quantitative estimate of drug-likeness (QED) is 0.798.